The fourth-order valence-electron chi connectivity index (χ4n) is 1.78. The van der Waals surface area contributed by atoms with Crippen molar-refractivity contribution in [2.24, 2.45) is 5.92 Å². The molecule has 23 heavy (non-hydrogen) atoms. The van der Waals surface area contributed by atoms with E-state index in [0.29, 0.717) is 24.9 Å². The Morgan fingerprint density at radius 3 is 2.57 bits per heavy atom. The second kappa shape index (κ2) is 9.90. The maximum atomic E-state index is 11.6. The van der Waals surface area contributed by atoms with Gasteiger partial charge in [-0.05, 0) is 33.6 Å². The SMILES string of the molecule is CC(C)NCC(O)COc1ccc(CNC(=O)C(C)C)cc1Br. The minimum absolute atomic E-state index is 0.0259. The topological polar surface area (TPSA) is 70.6 Å². The summed E-state index contributed by atoms with van der Waals surface area (Å²) >= 11 is 3.46. The maximum Gasteiger partial charge on any atom is 0.222 e. The van der Waals surface area contributed by atoms with Crippen LogP contribution in [-0.4, -0.2) is 36.3 Å². The number of amides is 1. The first-order valence-corrected chi connectivity index (χ1v) is 8.69. The Kier molecular flexibility index (Phi) is 8.58. The van der Waals surface area contributed by atoms with E-state index in [-0.39, 0.29) is 18.4 Å². The van der Waals surface area contributed by atoms with E-state index in [0.717, 1.165) is 10.0 Å². The zero-order valence-corrected chi connectivity index (χ0v) is 15.8. The van der Waals surface area contributed by atoms with Gasteiger partial charge in [0, 0.05) is 25.0 Å². The molecule has 0 saturated heterocycles. The molecule has 1 atom stereocenters. The number of rotatable bonds is 9. The quantitative estimate of drug-likeness (QED) is 0.609. The van der Waals surface area contributed by atoms with Gasteiger partial charge in [-0.2, -0.15) is 0 Å². The Balaban J connectivity index is 2.48. The zero-order chi connectivity index (χ0) is 17.4. The third-order valence-electron chi connectivity index (χ3n) is 3.18. The maximum absolute atomic E-state index is 11.6. The Morgan fingerprint density at radius 1 is 1.30 bits per heavy atom. The highest BCUT2D eigenvalue weighted by atomic mass is 79.9. The van der Waals surface area contributed by atoms with Crippen molar-refractivity contribution in [1.29, 1.82) is 0 Å². The van der Waals surface area contributed by atoms with E-state index in [9.17, 15) is 9.90 Å². The molecule has 0 aliphatic rings. The molecular formula is C17H27BrN2O3. The number of aliphatic hydroxyl groups excluding tert-OH is 1. The van der Waals surface area contributed by atoms with Crippen molar-refractivity contribution in [2.75, 3.05) is 13.2 Å². The largest absolute Gasteiger partial charge is 0.490 e. The highest BCUT2D eigenvalue weighted by Crippen LogP contribution is 2.26. The van der Waals surface area contributed by atoms with Crippen molar-refractivity contribution in [3.8, 4) is 5.75 Å². The van der Waals surface area contributed by atoms with E-state index in [4.69, 9.17) is 4.74 Å². The summed E-state index contributed by atoms with van der Waals surface area (Å²) in [6.45, 7) is 8.98. The van der Waals surface area contributed by atoms with Gasteiger partial charge in [0.25, 0.3) is 0 Å². The minimum atomic E-state index is -0.561. The molecule has 0 heterocycles. The molecule has 0 aromatic heterocycles. The van der Waals surface area contributed by atoms with Gasteiger partial charge in [0.2, 0.25) is 5.91 Å². The molecular weight excluding hydrogens is 360 g/mol. The van der Waals surface area contributed by atoms with Crippen molar-refractivity contribution in [2.45, 2.75) is 46.4 Å². The number of hydrogen-bond donors (Lipinski definition) is 3. The van der Waals surface area contributed by atoms with Gasteiger partial charge in [-0.3, -0.25) is 4.79 Å². The highest BCUT2D eigenvalue weighted by molar-refractivity contribution is 9.10. The summed E-state index contributed by atoms with van der Waals surface area (Å²) in [6.07, 6.45) is -0.561. The molecule has 0 saturated carbocycles. The predicted molar refractivity (Wildman–Crippen MR) is 95.5 cm³/mol. The lowest BCUT2D eigenvalue weighted by Gasteiger charge is -2.16. The van der Waals surface area contributed by atoms with Gasteiger partial charge in [-0.15, -0.1) is 0 Å². The van der Waals surface area contributed by atoms with Gasteiger partial charge in [0.1, 0.15) is 18.5 Å². The van der Waals surface area contributed by atoms with Crippen LogP contribution in [0.3, 0.4) is 0 Å². The molecule has 1 unspecified atom stereocenters. The van der Waals surface area contributed by atoms with E-state index in [1.165, 1.54) is 0 Å². The van der Waals surface area contributed by atoms with Crippen LogP contribution in [0.2, 0.25) is 0 Å². The van der Waals surface area contributed by atoms with Crippen LogP contribution in [0.15, 0.2) is 22.7 Å². The molecule has 1 aromatic rings. The first kappa shape index (κ1) is 19.9. The number of aliphatic hydroxyl groups is 1. The lowest BCUT2D eigenvalue weighted by molar-refractivity contribution is -0.124. The molecule has 1 aromatic carbocycles. The number of carbonyl (C=O) groups excluding carboxylic acids is 1. The van der Waals surface area contributed by atoms with Gasteiger partial charge in [-0.25, -0.2) is 0 Å². The van der Waals surface area contributed by atoms with Crippen molar-refractivity contribution < 1.29 is 14.6 Å². The van der Waals surface area contributed by atoms with Crippen molar-refractivity contribution >= 4 is 21.8 Å². The van der Waals surface area contributed by atoms with Crippen molar-refractivity contribution in [3.05, 3.63) is 28.2 Å². The summed E-state index contributed by atoms with van der Waals surface area (Å²) in [5, 5.41) is 15.9. The fourth-order valence-corrected chi connectivity index (χ4v) is 2.32. The summed E-state index contributed by atoms with van der Waals surface area (Å²) in [6, 6.07) is 5.98. The third-order valence-corrected chi connectivity index (χ3v) is 3.80. The zero-order valence-electron chi connectivity index (χ0n) is 14.2. The minimum Gasteiger partial charge on any atom is -0.490 e. The second-order valence-corrected chi connectivity index (χ2v) is 7.02. The third kappa shape index (κ3) is 7.81. The molecule has 3 N–H and O–H groups in total. The van der Waals surface area contributed by atoms with Gasteiger partial charge >= 0.3 is 0 Å². The molecule has 0 aliphatic heterocycles. The smallest absolute Gasteiger partial charge is 0.222 e. The van der Waals surface area contributed by atoms with E-state index < -0.39 is 6.10 Å². The Labute approximate surface area is 146 Å². The second-order valence-electron chi connectivity index (χ2n) is 6.17. The van der Waals surface area contributed by atoms with E-state index in [1.807, 2.05) is 45.9 Å². The van der Waals surface area contributed by atoms with Crippen LogP contribution < -0.4 is 15.4 Å². The van der Waals surface area contributed by atoms with E-state index in [2.05, 4.69) is 26.6 Å². The number of ether oxygens (including phenoxy) is 1. The lowest BCUT2D eigenvalue weighted by Crippen LogP contribution is -2.35. The van der Waals surface area contributed by atoms with Crippen LogP contribution >= 0.6 is 15.9 Å². The Morgan fingerprint density at radius 2 is 2.00 bits per heavy atom. The molecule has 130 valence electrons. The summed E-state index contributed by atoms with van der Waals surface area (Å²) in [5.41, 5.74) is 0.986. The van der Waals surface area contributed by atoms with E-state index in [1.54, 1.807) is 0 Å². The molecule has 0 bridgehead atoms. The van der Waals surface area contributed by atoms with Gasteiger partial charge in [0.05, 0.1) is 4.47 Å². The first-order chi connectivity index (χ1) is 10.8. The molecule has 0 radical (unpaired) electrons. The summed E-state index contributed by atoms with van der Waals surface area (Å²) in [7, 11) is 0. The van der Waals surface area contributed by atoms with Crippen molar-refractivity contribution in [3.63, 3.8) is 0 Å². The standard InChI is InChI=1S/C17H27BrN2O3/c1-11(2)17(22)20-8-13-5-6-16(15(18)7-13)23-10-14(21)9-19-12(3)4/h5-7,11-12,14,19,21H,8-10H2,1-4H3,(H,20,22). The van der Waals surface area contributed by atoms with Gasteiger partial charge in [0.15, 0.2) is 0 Å². The normalized spacial score (nSPS) is 12.5. The van der Waals surface area contributed by atoms with Crippen LogP contribution in [-0.2, 0) is 11.3 Å². The highest BCUT2D eigenvalue weighted by Gasteiger charge is 2.10. The molecule has 5 nitrogen and oxygen atoms in total. The number of halogens is 1. The molecule has 6 heteroatoms. The summed E-state index contributed by atoms with van der Waals surface area (Å²) in [4.78, 5) is 11.6. The Bertz CT molecular complexity index is 507. The van der Waals surface area contributed by atoms with Crippen LogP contribution in [0.1, 0.15) is 33.3 Å². The molecule has 0 spiro atoms. The number of nitrogens with one attached hydrogen (secondary N) is 2. The number of carbonyl (C=O) groups is 1. The molecule has 0 aliphatic carbocycles. The average molecular weight is 387 g/mol. The van der Waals surface area contributed by atoms with Gasteiger partial charge < -0.3 is 20.5 Å². The molecule has 0 fully saturated rings. The van der Waals surface area contributed by atoms with Crippen molar-refractivity contribution in [1.82, 2.24) is 10.6 Å². The monoisotopic (exact) mass is 386 g/mol. The van der Waals surface area contributed by atoms with Crippen LogP contribution in [0.5, 0.6) is 5.75 Å². The van der Waals surface area contributed by atoms with E-state index >= 15 is 0 Å². The molecule has 1 rings (SSSR count). The number of hydrogen-bond acceptors (Lipinski definition) is 4. The van der Waals surface area contributed by atoms with Crippen LogP contribution in [0, 0.1) is 5.92 Å². The summed E-state index contributed by atoms with van der Waals surface area (Å²) in [5.74, 6) is 0.678. The summed E-state index contributed by atoms with van der Waals surface area (Å²) < 4.78 is 6.43. The lowest BCUT2D eigenvalue weighted by atomic mass is 10.2. The average Bonchev–Trinajstić information content (AvgIpc) is 2.49. The van der Waals surface area contributed by atoms with Crippen LogP contribution in [0.4, 0.5) is 0 Å². The Hall–Kier alpha value is -1.11. The fraction of sp³-hybridized carbons (Fsp3) is 0.588. The van der Waals surface area contributed by atoms with Gasteiger partial charge in [-0.1, -0.05) is 33.8 Å². The predicted octanol–water partition coefficient (Wildman–Crippen LogP) is 2.46. The first-order valence-electron chi connectivity index (χ1n) is 7.90. The molecule has 1 amide bonds. The number of benzene rings is 1. The van der Waals surface area contributed by atoms with Crippen LogP contribution in [0.25, 0.3) is 0 Å².